The molecule has 1 unspecified atom stereocenters. The van der Waals surface area contributed by atoms with Crippen LogP contribution in [0.4, 0.5) is 4.39 Å². The largest absolute Gasteiger partial charge is 0.343 e. The van der Waals surface area contributed by atoms with Crippen LogP contribution in [0, 0.1) is 12.7 Å². The highest BCUT2D eigenvalue weighted by Gasteiger charge is 2.16. The van der Waals surface area contributed by atoms with Crippen LogP contribution < -0.4 is 5.73 Å². The minimum atomic E-state index is -0.556. The van der Waals surface area contributed by atoms with Crippen molar-refractivity contribution in [1.29, 1.82) is 0 Å². The Bertz CT molecular complexity index is 456. The molecule has 78 valence electrons. The zero-order valence-electron chi connectivity index (χ0n) is 8.14. The Morgan fingerprint density at radius 1 is 1.47 bits per heavy atom. The zero-order valence-corrected chi connectivity index (χ0v) is 8.14. The van der Waals surface area contributed by atoms with Crippen LogP contribution in [0.15, 0.2) is 29.1 Å². The Morgan fingerprint density at radius 3 is 2.93 bits per heavy atom. The summed E-state index contributed by atoms with van der Waals surface area (Å²) < 4.78 is 17.6. The van der Waals surface area contributed by atoms with Crippen LogP contribution in [0.1, 0.15) is 23.0 Å². The van der Waals surface area contributed by atoms with E-state index < -0.39 is 6.04 Å². The maximum atomic E-state index is 13.0. The first-order valence-electron chi connectivity index (χ1n) is 4.46. The first-order valence-corrected chi connectivity index (χ1v) is 4.46. The third kappa shape index (κ3) is 1.87. The zero-order chi connectivity index (χ0) is 10.8. The fourth-order valence-electron chi connectivity index (χ4n) is 1.40. The van der Waals surface area contributed by atoms with Crippen LogP contribution in [0.25, 0.3) is 0 Å². The van der Waals surface area contributed by atoms with Crippen LogP contribution in [0.5, 0.6) is 0 Å². The minimum Gasteiger partial charge on any atom is -0.343 e. The van der Waals surface area contributed by atoms with Crippen LogP contribution in [-0.2, 0) is 0 Å². The summed E-state index contributed by atoms with van der Waals surface area (Å²) >= 11 is 0. The summed E-state index contributed by atoms with van der Waals surface area (Å²) in [7, 11) is 0. The highest BCUT2D eigenvalue weighted by atomic mass is 19.1. The number of halogens is 1. The fraction of sp³-hybridized carbons (Fsp3) is 0.200. The van der Waals surface area contributed by atoms with Crippen LogP contribution in [-0.4, -0.2) is 10.1 Å². The number of rotatable bonds is 2. The molecule has 0 radical (unpaired) electrons. The van der Waals surface area contributed by atoms with Gasteiger partial charge in [-0.2, -0.15) is 4.98 Å². The Balaban J connectivity index is 2.41. The number of aryl methyl sites for hydroxylation is 1. The van der Waals surface area contributed by atoms with Gasteiger partial charge in [-0.3, -0.25) is 0 Å². The molecule has 0 aliphatic carbocycles. The van der Waals surface area contributed by atoms with E-state index in [4.69, 9.17) is 5.73 Å². The summed E-state index contributed by atoms with van der Waals surface area (Å²) in [6.07, 6.45) is 1.20. The van der Waals surface area contributed by atoms with Crippen molar-refractivity contribution < 1.29 is 8.91 Å². The van der Waals surface area contributed by atoms with E-state index in [0.717, 1.165) is 5.56 Å². The summed E-state index contributed by atoms with van der Waals surface area (Å²) in [5.74, 6) is 0.0262. The SMILES string of the molecule is Cc1ccc(F)cc1C(N)c1ncon1. The molecule has 0 saturated heterocycles. The molecule has 2 rings (SSSR count). The van der Waals surface area contributed by atoms with Crippen molar-refractivity contribution >= 4 is 0 Å². The Labute approximate surface area is 85.9 Å². The van der Waals surface area contributed by atoms with E-state index in [1.54, 1.807) is 6.07 Å². The first kappa shape index (κ1) is 9.79. The van der Waals surface area contributed by atoms with Gasteiger partial charge in [0.1, 0.15) is 5.82 Å². The molecule has 5 heteroatoms. The van der Waals surface area contributed by atoms with E-state index in [2.05, 4.69) is 14.7 Å². The molecule has 1 atom stereocenters. The van der Waals surface area contributed by atoms with Crippen LogP contribution in [0.3, 0.4) is 0 Å². The Morgan fingerprint density at radius 2 is 2.27 bits per heavy atom. The van der Waals surface area contributed by atoms with E-state index in [1.165, 1.54) is 18.5 Å². The number of hydrogen-bond donors (Lipinski definition) is 1. The van der Waals surface area contributed by atoms with E-state index in [0.29, 0.717) is 11.4 Å². The topological polar surface area (TPSA) is 64.9 Å². The monoisotopic (exact) mass is 207 g/mol. The third-order valence-electron chi connectivity index (χ3n) is 2.23. The smallest absolute Gasteiger partial charge is 0.213 e. The highest BCUT2D eigenvalue weighted by Crippen LogP contribution is 2.20. The van der Waals surface area contributed by atoms with Crippen molar-refractivity contribution in [2.45, 2.75) is 13.0 Å². The first-order chi connectivity index (χ1) is 7.18. The molecule has 1 aromatic heterocycles. The molecule has 0 spiro atoms. The van der Waals surface area contributed by atoms with Gasteiger partial charge in [0.15, 0.2) is 5.82 Å². The lowest BCUT2D eigenvalue weighted by atomic mass is 10.0. The van der Waals surface area contributed by atoms with Gasteiger partial charge in [0, 0.05) is 0 Å². The van der Waals surface area contributed by atoms with Gasteiger partial charge in [-0.25, -0.2) is 4.39 Å². The third-order valence-corrected chi connectivity index (χ3v) is 2.23. The van der Waals surface area contributed by atoms with Gasteiger partial charge in [0.2, 0.25) is 6.39 Å². The molecule has 0 amide bonds. The quantitative estimate of drug-likeness (QED) is 0.811. The molecular formula is C10H10FN3O. The van der Waals surface area contributed by atoms with Crippen molar-refractivity contribution in [2.24, 2.45) is 5.73 Å². The van der Waals surface area contributed by atoms with Crippen molar-refractivity contribution in [3.05, 3.63) is 47.4 Å². The summed E-state index contributed by atoms with van der Waals surface area (Å²) in [6, 6.07) is 3.89. The maximum Gasteiger partial charge on any atom is 0.213 e. The van der Waals surface area contributed by atoms with Crippen LogP contribution >= 0.6 is 0 Å². The van der Waals surface area contributed by atoms with Crippen molar-refractivity contribution in [1.82, 2.24) is 10.1 Å². The molecule has 0 saturated carbocycles. The average Bonchev–Trinajstić information content (AvgIpc) is 2.74. The molecule has 2 aromatic rings. The summed E-state index contributed by atoms with van der Waals surface area (Å²) in [5.41, 5.74) is 7.44. The fourth-order valence-corrected chi connectivity index (χ4v) is 1.40. The van der Waals surface area contributed by atoms with Gasteiger partial charge in [-0.1, -0.05) is 11.2 Å². The van der Waals surface area contributed by atoms with E-state index in [1.807, 2.05) is 6.92 Å². The second-order valence-electron chi connectivity index (χ2n) is 3.27. The second-order valence-corrected chi connectivity index (χ2v) is 3.27. The Hall–Kier alpha value is -1.75. The standard InChI is InChI=1S/C10H10FN3O/c1-6-2-3-7(11)4-8(6)9(12)10-13-5-15-14-10/h2-5,9H,12H2,1H3. The minimum absolute atomic E-state index is 0.324. The Kier molecular flexibility index (Phi) is 2.47. The molecule has 0 aliphatic rings. The second kappa shape index (κ2) is 3.78. The molecule has 0 fully saturated rings. The van der Waals surface area contributed by atoms with Gasteiger partial charge < -0.3 is 10.3 Å². The van der Waals surface area contributed by atoms with Gasteiger partial charge in [-0.05, 0) is 30.2 Å². The molecular weight excluding hydrogens is 197 g/mol. The van der Waals surface area contributed by atoms with Gasteiger partial charge in [0.25, 0.3) is 0 Å². The van der Waals surface area contributed by atoms with Crippen LogP contribution in [0.2, 0.25) is 0 Å². The van der Waals surface area contributed by atoms with E-state index >= 15 is 0 Å². The molecule has 4 nitrogen and oxygen atoms in total. The number of aromatic nitrogens is 2. The number of hydrogen-bond acceptors (Lipinski definition) is 4. The molecule has 1 aromatic carbocycles. The average molecular weight is 207 g/mol. The lowest BCUT2D eigenvalue weighted by Crippen LogP contribution is -2.15. The van der Waals surface area contributed by atoms with E-state index in [-0.39, 0.29) is 5.82 Å². The van der Waals surface area contributed by atoms with Crippen molar-refractivity contribution in [3.63, 3.8) is 0 Å². The predicted octanol–water partition coefficient (Wildman–Crippen LogP) is 1.57. The molecule has 0 bridgehead atoms. The summed E-state index contributed by atoms with van der Waals surface area (Å²) in [4.78, 5) is 3.84. The van der Waals surface area contributed by atoms with E-state index in [9.17, 15) is 4.39 Å². The number of benzene rings is 1. The molecule has 15 heavy (non-hydrogen) atoms. The normalized spacial score (nSPS) is 12.7. The highest BCUT2D eigenvalue weighted by molar-refractivity contribution is 5.32. The number of nitrogens with zero attached hydrogens (tertiary/aromatic N) is 2. The number of nitrogens with two attached hydrogens (primary N) is 1. The molecule has 2 N–H and O–H groups in total. The van der Waals surface area contributed by atoms with Crippen molar-refractivity contribution in [2.75, 3.05) is 0 Å². The lowest BCUT2D eigenvalue weighted by Gasteiger charge is -2.10. The molecule has 1 heterocycles. The van der Waals surface area contributed by atoms with Gasteiger partial charge in [0.05, 0.1) is 6.04 Å². The van der Waals surface area contributed by atoms with Gasteiger partial charge >= 0.3 is 0 Å². The molecule has 0 aliphatic heterocycles. The van der Waals surface area contributed by atoms with Crippen molar-refractivity contribution in [3.8, 4) is 0 Å². The lowest BCUT2D eigenvalue weighted by molar-refractivity contribution is 0.407. The summed E-state index contributed by atoms with van der Waals surface area (Å²) in [6.45, 7) is 1.86. The van der Waals surface area contributed by atoms with Gasteiger partial charge in [-0.15, -0.1) is 0 Å². The predicted molar refractivity (Wildman–Crippen MR) is 51.5 cm³/mol. The summed E-state index contributed by atoms with van der Waals surface area (Å²) in [5, 5.41) is 3.63. The maximum absolute atomic E-state index is 13.0.